The molecule has 15 heavy (non-hydrogen) atoms. The minimum Gasteiger partial charge on any atom is -0.385 e. The van der Waals surface area contributed by atoms with Crippen LogP contribution in [0.15, 0.2) is 30.3 Å². The van der Waals surface area contributed by atoms with Crippen molar-refractivity contribution in [3.63, 3.8) is 0 Å². The Morgan fingerprint density at radius 1 is 1.40 bits per heavy atom. The minimum absolute atomic E-state index is 0.297. The molecular weight excluding hydrogens is 192 g/mol. The maximum absolute atomic E-state index is 10.2. The number of epoxide rings is 2. The summed E-state index contributed by atoms with van der Waals surface area (Å²) < 4.78 is 10.6. The zero-order chi connectivity index (χ0) is 10.3. The lowest BCUT2D eigenvalue weighted by Crippen LogP contribution is -2.24. The third-order valence-corrected chi connectivity index (χ3v) is 3.10. The van der Waals surface area contributed by atoms with Gasteiger partial charge in [-0.1, -0.05) is 30.3 Å². The molecule has 0 radical (unpaired) electrons. The van der Waals surface area contributed by atoms with Gasteiger partial charge in [0, 0.05) is 6.42 Å². The van der Waals surface area contributed by atoms with Crippen LogP contribution in [0.4, 0.5) is 0 Å². The Morgan fingerprint density at radius 2 is 2.07 bits per heavy atom. The van der Waals surface area contributed by atoms with E-state index in [0.717, 1.165) is 18.6 Å². The van der Waals surface area contributed by atoms with E-state index in [2.05, 4.69) is 0 Å². The van der Waals surface area contributed by atoms with Crippen LogP contribution in [0.25, 0.3) is 0 Å². The first kappa shape index (κ1) is 9.33. The number of aliphatic hydroxyl groups excluding tert-OH is 1. The highest BCUT2D eigenvalue weighted by atomic mass is 16.6. The second-order valence-corrected chi connectivity index (χ2v) is 4.33. The summed E-state index contributed by atoms with van der Waals surface area (Å²) in [5, 5.41) is 10.2. The lowest BCUT2D eigenvalue weighted by Gasteiger charge is -2.18. The van der Waals surface area contributed by atoms with Gasteiger partial charge in [-0.3, -0.25) is 0 Å². The number of aliphatic hydroxyl groups is 1. The quantitative estimate of drug-likeness (QED) is 0.755. The summed E-state index contributed by atoms with van der Waals surface area (Å²) >= 11 is 0. The van der Waals surface area contributed by atoms with Crippen LogP contribution in [-0.4, -0.2) is 30.0 Å². The molecule has 1 aromatic rings. The van der Waals surface area contributed by atoms with E-state index in [9.17, 15) is 5.11 Å². The number of benzene rings is 1. The van der Waals surface area contributed by atoms with E-state index in [1.54, 1.807) is 0 Å². The van der Waals surface area contributed by atoms with E-state index in [-0.39, 0.29) is 5.60 Å². The van der Waals surface area contributed by atoms with Crippen molar-refractivity contribution in [2.45, 2.75) is 24.2 Å². The molecule has 0 aromatic heterocycles. The number of hydrogen-bond donors (Lipinski definition) is 1. The summed E-state index contributed by atoms with van der Waals surface area (Å²) in [6.45, 7) is 1.45. The lowest BCUT2D eigenvalue weighted by molar-refractivity contribution is 0.0640. The van der Waals surface area contributed by atoms with Crippen molar-refractivity contribution in [2.75, 3.05) is 13.2 Å². The molecule has 0 amide bonds. The van der Waals surface area contributed by atoms with Crippen LogP contribution in [-0.2, 0) is 9.47 Å². The van der Waals surface area contributed by atoms with Gasteiger partial charge in [0.05, 0.1) is 19.3 Å². The van der Waals surface area contributed by atoms with Crippen molar-refractivity contribution >= 4 is 0 Å². The fourth-order valence-electron chi connectivity index (χ4n) is 1.99. The third kappa shape index (κ3) is 1.78. The Bertz CT molecular complexity index is 341. The molecule has 2 saturated heterocycles. The maximum Gasteiger partial charge on any atom is 0.124 e. The standard InChI is InChI=1S/C12H14O3/c13-11(9-4-2-1-3-5-9)12(8-15-12)6-10-7-14-10/h1-5,10-11,13H,6-8H2. The highest BCUT2D eigenvalue weighted by molar-refractivity contribution is 5.23. The molecule has 2 aliphatic rings. The van der Waals surface area contributed by atoms with Gasteiger partial charge in [-0.15, -0.1) is 0 Å². The first-order chi connectivity index (χ1) is 7.30. The molecule has 0 aliphatic carbocycles. The number of ether oxygens (including phenoxy) is 2. The van der Waals surface area contributed by atoms with Gasteiger partial charge >= 0.3 is 0 Å². The average molecular weight is 206 g/mol. The van der Waals surface area contributed by atoms with Gasteiger partial charge < -0.3 is 14.6 Å². The fourth-order valence-corrected chi connectivity index (χ4v) is 1.99. The summed E-state index contributed by atoms with van der Waals surface area (Å²) in [6, 6.07) is 9.68. The average Bonchev–Trinajstić information content (AvgIpc) is 3.17. The SMILES string of the molecule is OC(c1ccccc1)C1(CC2CO2)CO1. The Balaban J connectivity index is 1.75. The molecular formula is C12H14O3. The van der Waals surface area contributed by atoms with Gasteiger partial charge in [-0.25, -0.2) is 0 Å². The highest BCUT2D eigenvalue weighted by Crippen LogP contribution is 2.45. The minimum atomic E-state index is -0.525. The summed E-state index contributed by atoms with van der Waals surface area (Å²) in [5.74, 6) is 0. The smallest absolute Gasteiger partial charge is 0.124 e. The summed E-state index contributed by atoms with van der Waals surface area (Å²) in [4.78, 5) is 0. The van der Waals surface area contributed by atoms with Crippen LogP contribution >= 0.6 is 0 Å². The molecule has 0 bridgehead atoms. The molecule has 3 atom stereocenters. The zero-order valence-corrected chi connectivity index (χ0v) is 8.43. The summed E-state index contributed by atoms with van der Waals surface area (Å²) in [5.41, 5.74) is 0.554. The molecule has 0 saturated carbocycles. The van der Waals surface area contributed by atoms with Crippen LogP contribution in [0.1, 0.15) is 18.1 Å². The second-order valence-electron chi connectivity index (χ2n) is 4.33. The molecule has 1 N–H and O–H groups in total. The molecule has 3 nitrogen and oxygen atoms in total. The van der Waals surface area contributed by atoms with Gasteiger partial charge in [0.15, 0.2) is 0 Å². The highest BCUT2D eigenvalue weighted by Gasteiger charge is 2.54. The van der Waals surface area contributed by atoms with Crippen molar-refractivity contribution in [3.05, 3.63) is 35.9 Å². The Morgan fingerprint density at radius 3 is 2.60 bits per heavy atom. The van der Waals surface area contributed by atoms with Crippen LogP contribution in [0, 0.1) is 0 Å². The molecule has 3 heteroatoms. The predicted octanol–water partition coefficient (Wildman–Crippen LogP) is 1.28. The summed E-state index contributed by atoms with van der Waals surface area (Å²) in [7, 11) is 0. The molecule has 2 aliphatic heterocycles. The number of hydrogen-bond acceptors (Lipinski definition) is 3. The van der Waals surface area contributed by atoms with Crippen molar-refractivity contribution < 1.29 is 14.6 Å². The maximum atomic E-state index is 10.2. The zero-order valence-electron chi connectivity index (χ0n) is 8.43. The topological polar surface area (TPSA) is 45.3 Å². The van der Waals surface area contributed by atoms with Gasteiger partial charge in [0.2, 0.25) is 0 Å². The van der Waals surface area contributed by atoms with Gasteiger partial charge in [0.25, 0.3) is 0 Å². The Kier molecular flexibility index (Phi) is 2.06. The van der Waals surface area contributed by atoms with Crippen molar-refractivity contribution in [1.82, 2.24) is 0 Å². The molecule has 3 rings (SSSR count). The normalized spacial score (nSPS) is 34.9. The summed E-state index contributed by atoms with van der Waals surface area (Å²) in [6.07, 6.45) is 0.581. The van der Waals surface area contributed by atoms with Crippen molar-refractivity contribution in [2.24, 2.45) is 0 Å². The van der Waals surface area contributed by atoms with E-state index >= 15 is 0 Å². The molecule has 2 heterocycles. The molecule has 80 valence electrons. The fraction of sp³-hybridized carbons (Fsp3) is 0.500. The van der Waals surface area contributed by atoms with E-state index < -0.39 is 6.10 Å². The van der Waals surface area contributed by atoms with Crippen LogP contribution in [0.5, 0.6) is 0 Å². The van der Waals surface area contributed by atoms with Crippen molar-refractivity contribution in [3.8, 4) is 0 Å². The van der Waals surface area contributed by atoms with Crippen molar-refractivity contribution in [1.29, 1.82) is 0 Å². The molecule has 2 fully saturated rings. The monoisotopic (exact) mass is 206 g/mol. The molecule has 0 spiro atoms. The lowest BCUT2D eigenvalue weighted by atomic mass is 9.92. The molecule has 1 aromatic carbocycles. The van der Waals surface area contributed by atoms with E-state index in [0.29, 0.717) is 12.7 Å². The van der Waals surface area contributed by atoms with Crippen LogP contribution in [0.3, 0.4) is 0 Å². The van der Waals surface area contributed by atoms with Gasteiger partial charge in [0.1, 0.15) is 11.7 Å². The van der Waals surface area contributed by atoms with E-state index in [1.165, 1.54) is 0 Å². The Labute approximate surface area is 88.6 Å². The van der Waals surface area contributed by atoms with Crippen LogP contribution in [0.2, 0.25) is 0 Å². The molecule has 3 unspecified atom stereocenters. The van der Waals surface area contributed by atoms with E-state index in [4.69, 9.17) is 9.47 Å². The largest absolute Gasteiger partial charge is 0.385 e. The first-order valence-corrected chi connectivity index (χ1v) is 5.29. The predicted molar refractivity (Wildman–Crippen MR) is 54.4 cm³/mol. The third-order valence-electron chi connectivity index (χ3n) is 3.10. The van der Waals surface area contributed by atoms with Gasteiger partial charge in [-0.2, -0.15) is 0 Å². The second kappa shape index (κ2) is 3.30. The van der Waals surface area contributed by atoms with E-state index in [1.807, 2.05) is 30.3 Å². The van der Waals surface area contributed by atoms with Gasteiger partial charge in [-0.05, 0) is 5.56 Å². The van der Waals surface area contributed by atoms with Crippen LogP contribution < -0.4 is 0 Å². The number of rotatable bonds is 4. The Hall–Kier alpha value is -0.900. The first-order valence-electron chi connectivity index (χ1n) is 5.29.